The van der Waals surface area contributed by atoms with Crippen molar-refractivity contribution in [3.63, 3.8) is 0 Å². The van der Waals surface area contributed by atoms with Gasteiger partial charge in [0, 0.05) is 40.1 Å². The van der Waals surface area contributed by atoms with Gasteiger partial charge in [0.2, 0.25) is 11.8 Å². The van der Waals surface area contributed by atoms with Gasteiger partial charge >= 0.3 is 0 Å². The number of hydrogen-bond acceptors (Lipinski definition) is 3. The third-order valence-electron chi connectivity index (χ3n) is 6.81. The Morgan fingerprint density at radius 2 is 1.66 bits per heavy atom. The zero-order chi connectivity index (χ0) is 20.6. The number of hydrogen-bond donors (Lipinski definition) is 2. The van der Waals surface area contributed by atoms with Gasteiger partial charge in [-0.1, -0.05) is 18.2 Å². The number of H-pyrrole nitrogens is 1. The van der Waals surface area contributed by atoms with Crippen molar-refractivity contribution < 1.29 is 9.59 Å². The summed E-state index contributed by atoms with van der Waals surface area (Å²) in [6, 6.07) is 7.90. The van der Waals surface area contributed by atoms with E-state index in [4.69, 9.17) is 0 Å². The van der Waals surface area contributed by atoms with Crippen molar-refractivity contribution in [2.45, 2.75) is 76.7 Å². The Kier molecular flexibility index (Phi) is 3.92. The van der Waals surface area contributed by atoms with E-state index in [1.165, 1.54) is 10.9 Å². The molecule has 6 nitrogen and oxygen atoms in total. The second kappa shape index (κ2) is 6.08. The van der Waals surface area contributed by atoms with E-state index in [1.54, 1.807) is 4.90 Å². The van der Waals surface area contributed by atoms with Gasteiger partial charge in [0.05, 0.1) is 6.54 Å². The summed E-state index contributed by atoms with van der Waals surface area (Å²) in [6.07, 6.45) is 2.32. The van der Waals surface area contributed by atoms with Crippen molar-refractivity contribution in [1.29, 1.82) is 0 Å². The van der Waals surface area contributed by atoms with E-state index in [2.05, 4.69) is 50.1 Å². The lowest BCUT2D eigenvalue weighted by atomic mass is 9.78. The Morgan fingerprint density at radius 1 is 0.966 bits per heavy atom. The normalized spacial score (nSPS) is 26.6. The molecule has 2 saturated heterocycles. The molecule has 0 bridgehead atoms. The monoisotopic (exact) mass is 394 g/mol. The van der Waals surface area contributed by atoms with Crippen molar-refractivity contribution in [3.05, 3.63) is 35.5 Å². The minimum atomic E-state index is -0.385. The maximum Gasteiger partial charge on any atom is 0.246 e. The van der Waals surface area contributed by atoms with Crippen molar-refractivity contribution in [2.24, 2.45) is 0 Å². The lowest BCUT2D eigenvalue weighted by Crippen LogP contribution is -2.68. The predicted molar refractivity (Wildman–Crippen MR) is 112 cm³/mol. The van der Waals surface area contributed by atoms with Crippen LogP contribution in [0.5, 0.6) is 0 Å². The lowest BCUT2D eigenvalue weighted by molar-refractivity contribution is -0.161. The first-order valence-electron chi connectivity index (χ1n) is 10.6. The maximum atomic E-state index is 13.6. The summed E-state index contributed by atoms with van der Waals surface area (Å²) in [6.45, 7) is 9.42. The Labute approximate surface area is 171 Å². The van der Waals surface area contributed by atoms with Gasteiger partial charge in [-0.05, 0) is 52.2 Å². The molecule has 2 amide bonds. The van der Waals surface area contributed by atoms with E-state index in [0.717, 1.165) is 24.1 Å². The molecule has 154 valence electrons. The highest BCUT2D eigenvalue weighted by molar-refractivity contribution is 5.97. The summed E-state index contributed by atoms with van der Waals surface area (Å²) < 4.78 is 0. The SMILES string of the molecule is CC1(C)CC(N2CC(=O)N3Cc4[nH]c5ccccc5c4C[C@H]3C2=O)CC(C)(C)N1. The quantitative estimate of drug-likeness (QED) is 0.781. The van der Waals surface area contributed by atoms with E-state index in [1.807, 2.05) is 17.0 Å². The van der Waals surface area contributed by atoms with Gasteiger partial charge in [0.25, 0.3) is 0 Å². The molecule has 5 rings (SSSR count). The van der Waals surface area contributed by atoms with Crippen LogP contribution in [0.2, 0.25) is 0 Å². The highest BCUT2D eigenvalue weighted by Gasteiger charge is 2.48. The molecule has 3 aliphatic rings. The first-order chi connectivity index (χ1) is 13.6. The summed E-state index contributed by atoms with van der Waals surface area (Å²) >= 11 is 0. The number of amides is 2. The third kappa shape index (κ3) is 3.05. The second-order valence-corrected chi connectivity index (χ2v) is 10.3. The topological polar surface area (TPSA) is 68.4 Å². The summed E-state index contributed by atoms with van der Waals surface area (Å²) in [5.41, 5.74) is 3.21. The predicted octanol–water partition coefficient (Wildman–Crippen LogP) is 2.57. The van der Waals surface area contributed by atoms with E-state index in [-0.39, 0.29) is 41.5 Å². The van der Waals surface area contributed by atoms with Crippen molar-refractivity contribution in [3.8, 4) is 0 Å². The molecule has 1 aromatic carbocycles. The molecule has 0 saturated carbocycles. The summed E-state index contributed by atoms with van der Waals surface area (Å²) in [5, 5.41) is 4.85. The van der Waals surface area contributed by atoms with Crippen LogP contribution < -0.4 is 5.32 Å². The zero-order valence-corrected chi connectivity index (χ0v) is 17.7. The highest BCUT2D eigenvalue weighted by Crippen LogP contribution is 2.36. The number of rotatable bonds is 1. The number of aromatic amines is 1. The van der Waals surface area contributed by atoms with Crippen LogP contribution in [0.25, 0.3) is 10.9 Å². The molecule has 0 unspecified atom stereocenters. The van der Waals surface area contributed by atoms with Crippen LogP contribution in [0.4, 0.5) is 0 Å². The highest BCUT2D eigenvalue weighted by atomic mass is 16.2. The van der Waals surface area contributed by atoms with Crippen LogP contribution in [0.3, 0.4) is 0 Å². The molecule has 1 aromatic heterocycles. The summed E-state index contributed by atoms with van der Waals surface area (Å²) in [4.78, 5) is 33.8. The molecular weight excluding hydrogens is 364 g/mol. The first-order valence-corrected chi connectivity index (χ1v) is 10.6. The largest absolute Gasteiger partial charge is 0.357 e. The van der Waals surface area contributed by atoms with E-state index < -0.39 is 0 Å². The molecule has 2 fully saturated rings. The van der Waals surface area contributed by atoms with Gasteiger partial charge in [0.15, 0.2) is 0 Å². The zero-order valence-electron chi connectivity index (χ0n) is 17.7. The Hall–Kier alpha value is -2.34. The number of benzene rings is 1. The number of para-hydroxylation sites is 1. The molecule has 6 heteroatoms. The van der Waals surface area contributed by atoms with Crippen molar-refractivity contribution in [2.75, 3.05) is 6.54 Å². The van der Waals surface area contributed by atoms with Gasteiger partial charge in [0.1, 0.15) is 12.6 Å². The van der Waals surface area contributed by atoms with Crippen LogP contribution >= 0.6 is 0 Å². The molecule has 2 N–H and O–H groups in total. The second-order valence-electron chi connectivity index (χ2n) is 10.3. The number of nitrogens with one attached hydrogen (secondary N) is 2. The Morgan fingerprint density at radius 3 is 2.38 bits per heavy atom. The number of nitrogens with zero attached hydrogens (tertiary/aromatic N) is 2. The van der Waals surface area contributed by atoms with Crippen LogP contribution in [-0.4, -0.2) is 56.3 Å². The van der Waals surface area contributed by atoms with Crippen molar-refractivity contribution >= 4 is 22.7 Å². The van der Waals surface area contributed by atoms with Gasteiger partial charge in [-0.3, -0.25) is 9.59 Å². The van der Waals surface area contributed by atoms with E-state index in [0.29, 0.717) is 13.0 Å². The molecule has 2 aromatic rings. The van der Waals surface area contributed by atoms with Gasteiger partial charge in [-0.2, -0.15) is 0 Å². The third-order valence-corrected chi connectivity index (χ3v) is 6.81. The fraction of sp³-hybridized carbons (Fsp3) is 0.565. The number of carbonyl (C=O) groups excluding carboxylic acids is 2. The van der Waals surface area contributed by atoms with Gasteiger partial charge < -0.3 is 20.1 Å². The Bertz CT molecular complexity index is 989. The molecule has 1 atom stereocenters. The van der Waals surface area contributed by atoms with Crippen LogP contribution in [0, 0.1) is 0 Å². The average molecular weight is 395 g/mol. The Balaban J connectivity index is 1.47. The molecular formula is C23H30N4O2. The minimum Gasteiger partial charge on any atom is -0.357 e. The molecule has 0 aliphatic carbocycles. The number of fused-ring (bicyclic) bond motifs is 4. The summed E-state index contributed by atoms with van der Waals surface area (Å²) in [7, 11) is 0. The number of carbonyl (C=O) groups is 2. The molecule has 0 spiro atoms. The molecule has 29 heavy (non-hydrogen) atoms. The van der Waals surface area contributed by atoms with Crippen molar-refractivity contribution in [1.82, 2.24) is 20.1 Å². The number of piperazine rings is 1. The standard InChI is InChI=1S/C23H30N4O2/c1-22(2)10-14(11-23(3,4)25-22)26-13-20(28)27-12-18-16(9-19(27)21(26)29)15-7-5-6-8-17(15)24-18/h5-8,14,19,24-25H,9-13H2,1-4H3/t19-/m0/s1. The van der Waals surface area contributed by atoms with Crippen LogP contribution in [-0.2, 0) is 22.6 Å². The first kappa shape index (κ1) is 18.7. The number of piperidine rings is 1. The lowest BCUT2D eigenvalue weighted by Gasteiger charge is -2.52. The summed E-state index contributed by atoms with van der Waals surface area (Å²) in [5.74, 6) is 0.173. The molecule has 3 aliphatic heterocycles. The fourth-order valence-electron chi connectivity index (χ4n) is 5.99. The molecule has 4 heterocycles. The van der Waals surface area contributed by atoms with Gasteiger partial charge in [-0.25, -0.2) is 0 Å². The fourth-order valence-corrected chi connectivity index (χ4v) is 5.99. The van der Waals surface area contributed by atoms with Crippen LogP contribution in [0.15, 0.2) is 24.3 Å². The van der Waals surface area contributed by atoms with Crippen LogP contribution in [0.1, 0.15) is 51.8 Å². The average Bonchev–Trinajstić information content (AvgIpc) is 2.98. The molecule has 0 radical (unpaired) electrons. The maximum absolute atomic E-state index is 13.6. The smallest absolute Gasteiger partial charge is 0.246 e. The van der Waals surface area contributed by atoms with Gasteiger partial charge in [-0.15, -0.1) is 0 Å². The number of aromatic nitrogens is 1. The van der Waals surface area contributed by atoms with E-state index in [9.17, 15) is 9.59 Å². The minimum absolute atomic E-state index is 0.0630. The van der Waals surface area contributed by atoms with E-state index >= 15 is 0 Å².